The lowest BCUT2D eigenvalue weighted by atomic mass is 9.94. The standard InChI is InChI=1S/C30H44N4O3/c1-21(2)20-31-15-9-16-32-27(35)25(19-22-13-14-23-10-6-7-11-24(23)18-22)33-28(36)26-12-8-17-34(26)29(37)30(3,4)5/h6-7,10-11,13-14,18,21,25-26,31H,8-9,12,15-17,19-20H2,1-5H3,(H,32,35)(H,33,36)/t25-,26+/m1/s1. The fraction of sp³-hybridized carbons (Fsp3) is 0.567. The SMILES string of the molecule is CC(C)CNCCCNC(=O)[C@@H](Cc1ccc2ccccc2c1)NC(=O)[C@@H]1CCCN1C(=O)C(C)(C)C. The highest BCUT2D eigenvalue weighted by Crippen LogP contribution is 2.26. The number of fused-ring (bicyclic) bond motifs is 1. The van der Waals surface area contributed by atoms with E-state index in [1.807, 2.05) is 51.1 Å². The van der Waals surface area contributed by atoms with Crippen molar-refractivity contribution in [3.8, 4) is 0 Å². The molecular weight excluding hydrogens is 464 g/mol. The summed E-state index contributed by atoms with van der Waals surface area (Å²) in [5, 5.41) is 11.6. The van der Waals surface area contributed by atoms with Crippen molar-refractivity contribution >= 4 is 28.5 Å². The van der Waals surface area contributed by atoms with Crippen LogP contribution in [0.25, 0.3) is 10.8 Å². The van der Waals surface area contributed by atoms with Gasteiger partial charge in [0.05, 0.1) is 0 Å². The molecular formula is C30H44N4O3. The first-order valence-electron chi connectivity index (χ1n) is 13.6. The van der Waals surface area contributed by atoms with E-state index in [1.54, 1.807) is 4.90 Å². The van der Waals surface area contributed by atoms with Crippen molar-refractivity contribution in [2.24, 2.45) is 11.3 Å². The molecule has 1 aliphatic heterocycles. The summed E-state index contributed by atoms with van der Waals surface area (Å²) in [5.41, 5.74) is 0.417. The fourth-order valence-corrected chi connectivity index (χ4v) is 4.73. The van der Waals surface area contributed by atoms with E-state index in [4.69, 9.17) is 0 Å². The zero-order chi connectivity index (χ0) is 27.0. The molecule has 2 atom stereocenters. The van der Waals surface area contributed by atoms with Crippen LogP contribution < -0.4 is 16.0 Å². The Morgan fingerprint density at radius 1 is 1.03 bits per heavy atom. The largest absolute Gasteiger partial charge is 0.354 e. The Kier molecular flexibility index (Phi) is 10.1. The molecule has 37 heavy (non-hydrogen) atoms. The molecule has 7 nitrogen and oxygen atoms in total. The van der Waals surface area contributed by atoms with E-state index in [-0.39, 0.29) is 17.7 Å². The topological polar surface area (TPSA) is 90.5 Å². The minimum Gasteiger partial charge on any atom is -0.354 e. The molecule has 0 aliphatic carbocycles. The van der Waals surface area contributed by atoms with E-state index in [1.165, 1.54) is 0 Å². The van der Waals surface area contributed by atoms with Crippen LogP contribution in [0.2, 0.25) is 0 Å². The van der Waals surface area contributed by atoms with Gasteiger partial charge in [0.1, 0.15) is 12.1 Å². The van der Waals surface area contributed by atoms with E-state index in [0.29, 0.717) is 31.8 Å². The Bertz CT molecular complexity index is 1080. The quantitative estimate of drug-likeness (QED) is 0.404. The summed E-state index contributed by atoms with van der Waals surface area (Å²) in [6, 6.07) is 13.0. The smallest absolute Gasteiger partial charge is 0.243 e. The minimum absolute atomic E-state index is 0.0328. The van der Waals surface area contributed by atoms with Crippen molar-refractivity contribution in [3.63, 3.8) is 0 Å². The minimum atomic E-state index is -0.718. The van der Waals surface area contributed by atoms with E-state index in [0.717, 1.165) is 42.3 Å². The third-order valence-corrected chi connectivity index (χ3v) is 6.73. The number of carbonyl (C=O) groups excluding carboxylic acids is 3. The molecule has 0 radical (unpaired) electrons. The zero-order valence-corrected chi connectivity index (χ0v) is 23.1. The van der Waals surface area contributed by atoms with Gasteiger partial charge < -0.3 is 20.9 Å². The number of nitrogens with one attached hydrogen (secondary N) is 3. The van der Waals surface area contributed by atoms with Crippen LogP contribution in [0.3, 0.4) is 0 Å². The summed E-state index contributed by atoms with van der Waals surface area (Å²) < 4.78 is 0. The van der Waals surface area contributed by atoms with Gasteiger partial charge in [-0.1, -0.05) is 77.1 Å². The van der Waals surface area contributed by atoms with Crippen LogP contribution >= 0.6 is 0 Å². The molecule has 0 aromatic heterocycles. The number of rotatable bonds is 11. The summed E-state index contributed by atoms with van der Waals surface area (Å²) in [5.74, 6) is 0.0951. The van der Waals surface area contributed by atoms with Crippen LogP contribution in [0.4, 0.5) is 0 Å². The Balaban J connectivity index is 1.70. The van der Waals surface area contributed by atoms with Crippen LogP contribution in [0, 0.1) is 11.3 Å². The predicted octanol–water partition coefficient (Wildman–Crippen LogP) is 3.66. The predicted molar refractivity (Wildman–Crippen MR) is 149 cm³/mol. The van der Waals surface area contributed by atoms with Crippen molar-refractivity contribution in [1.82, 2.24) is 20.9 Å². The van der Waals surface area contributed by atoms with Gasteiger partial charge in [0.25, 0.3) is 0 Å². The summed E-state index contributed by atoms with van der Waals surface area (Å²) >= 11 is 0. The van der Waals surface area contributed by atoms with Crippen molar-refractivity contribution in [1.29, 1.82) is 0 Å². The maximum Gasteiger partial charge on any atom is 0.243 e. The normalized spacial score (nSPS) is 16.7. The van der Waals surface area contributed by atoms with Gasteiger partial charge in [-0.3, -0.25) is 14.4 Å². The van der Waals surface area contributed by atoms with Crippen LogP contribution in [0.15, 0.2) is 42.5 Å². The molecule has 0 saturated carbocycles. The Labute approximate surface area is 221 Å². The maximum absolute atomic E-state index is 13.4. The van der Waals surface area contributed by atoms with E-state index in [2.05, 4.69) is 41.9 Å². The second-order valence-electron chi connectivity index (χ2n) is 11.6. The first-order valence-corrected chi connectivity index (χ1v) is 13.6. The molecule has 3 amide bonds. The van der Waals surface area contributed by atoms with E-state index in [9.17, 15) is 14.4 Å². The van der Waals surface area contributed by atoms with Gasteiger partial charge in [0.15, 0.2) is 0 Å². The number of carbonyl (C=O) groups is 3. The monoisotopic (exact) mass is 508 g/mol. The van der Waals surface area contributed by atoms with Gasteiger partial charge in [-0.05, 0) is 54.6 Å². The van der Waals surface area contributed by atoms with Crippen LogP contribution in [-0.4, -0.2) is 60.9 Å². The number of hydrogen-bond donors (Lipinski definition) is 3. The van der Waals surface area contributed by atoms with Crippen molar-refractivity contribution < 1.29 is 14.4 Å². The van der Waals surface area contributed by atoms with E-state index >= 15 is 0 Å². The molecule has 0 unspecified atom stereocenters. The molecule has 1 heterocycles. The lowest BCUT2D eigenvalue weighted by Crippen LogP contribution is -2.55. The molecule has 7 heteroatoms. The summed E-state index contributed by atoms with van der Waals surface area (Å²) in [4.78, 5) is 41.3. The van der Waals surface area contributed by atoms with Gasteiger partial charge in [0, 0.05) is 24.9 Å². The number of nitrogens with zero attached hydrogens (tertiary/aromatic N) is 1. The zero-order valence-electron chi connectivity index (χ0n) is 23.1. The van der Waals surface area contributed by atoms with Gasteiger partial charge in [-0.15, -0.1) is 0 Å². The van der Waals surface area contributed by atoms with Crippen LogP contribution in [-0.2, 0) is 20.8 Å². The van der Waals surface area contributed by atoms with Crippen molar-refractivity contribution in [2.75, 3.05) is 26.2 Å². The lowest BCUT2D eigenvalue weighted by molar-refractivity contribution is -0.145. The highest BCUT2D eigenvalue weighted by atomic mass is 16.2. The first kappa shape index (κ1) is 28.6. The van der Waals surface area contributed by atoms with E-state index < -0.39 is 17.5 Å². The van der Waals surface area contributed by atoms with Crippen LogP contribution in [0.1, 0.15) is 59.4 Å². The molecule has 1 aliphatic rings. The average molecular weight is 509 g/mol. The van der Waals surface area contributed by atoms with Crippen LogP contribution in [0.5, 0.6) is 0 Å². The lowest BCUT2D eigenvalue weighted by Gasteiger charge is -2.31. The second-order valence-corrected chi connectivity index (χ2v) is 11.6. The molecule has 2 aromatic rings. The molecule has 1 fully saturated rings. The molecule has 3 rings (SSSR count). The highest BCUT2D eigenvalue weighted by Gasteiger charge is 2.39. The molecule has 0 bridgehead atoms. The Hall–Kier alpha value is -2.93. The summed E-state index contributed by atoms with van der Waals surface area (Å²) in [6.45, 7) is 12.8. The highest BCUT2D eigenvalue weighted by molar-refractivity contribution is 5.93. The number of amides is 3. The third-order valence-electron chi connectivity index (χ3n) is 6.73. The number of benzene rings is 2. The maximum atomic E-state index is 13.4. The van der Waals surface area contributed by atoms with Crippen molar-refractivity contribution in [3.05, 3.63) is 48.0 Å². The first-order chi connectivity index (χ1) is 17.6. The second kappa shape index (κ2) is 13.0. The molecule has 0 spiro atoms. The average Bonchev–Trinajstić information content (AvgIpc) is 3.34. The molecule has 3 N–H and O–H groups in total. The van der Waals surface area contributed by atoms with Gasteiger partial charge in [-0.2, -0.15) is 0 Å². The Morgan fingerprint density at radius 2 is 1.76 bits per heavy atom. The molecule has 1 saturated heterocycles. The van der Waals surface area contributed by atoms with Crippen molar-refractivity contribution in [2.45, 2.75) is 72.4 Å². The number of hydrogen-bond acceptors (Lipinski definition) is 4. The summed E-state index contributed by atoms with van der Waals surface area (Å²) in [6.07, 6.45) is 2.59. The molecule has 2 aromatic carbocycles. The number of likely N-dealkylation sites (tertiary alicyclic amines) is 1. The summed E-state index contributed by atoms with van der Waals surface area (Å²) in [7, 11) is 0. The molecule has 202 valence electrons. The fourth-order valence-electron chi connectivity index (χ4n) is 4.73. The van der Waals surface area contributed by atoms with Gasteiger partial charge in [0.2, 0.25) is 17.7 Å². The van der Waals surface area contributed by atoms with Gasteiger partial charge in [-0.25, -0.2) is 0 Å². The Morgan fingerprint density at radius 3 is 2.46 bits per heavy atom. The third kappa shape index (κ3) is 8.29. The van der Waals surface area contributed by atoms with Gasteiger partial charge >= 0.3 is 0 Å².